The van der Waals surface area contributed by atoms with Gasteiger partial charge in [0.05, 0.1) is 0 Å². The van der Waals surface area contributed by atoms with Gasteiger partial charge in [-0.1, -0.05) is 32.6 Å². The van der Waals surface area contributed by atoms with Gasteiger partial charge in [0.15, 0.2) is 0 Å². The quantitative estimate of drug-likeness (QED) is 0.693. The van der Waals surface area contributed by atoms with Crippen molar-refractivity contribution < 1.29 is 4.79 Å². The van der Waals surface area contributed by atoms with Crippen molar-refractivity contribution in [3.8, 4) is 0 Å². The highest BCUT2D eigenvalue weighted by Crippen LogP contribution is 2.09. The molecular formula is C13H26N2O. The van der Waals surface area contributed by atoms with Crippen molar-refractivity contribution in [2.75, 3.05) is 13.1 Å². The van der Waals surface area contributed by atoms with E-state index in [1.165, 1.54) is 25.7 Å². The minimum absolute atomic E-state index is 0.139. The number of carbonyl (C=O) groups excluding carboxylic acids is 1. The molecule has 0 unspecified atom stereocenters. The molecule has 0 saturated carbocycles. The third-order valence-electron chi connectivity index (χ3n) is 3.25. The summed E-state index contributed by atoms with van der Waals surface area (Å²) < 4.78 is 0. The van der Waals surface area contributed by atoms with Gasteiger partial charge in [-0.3, -0.25) is 0 Å². The third kappa shape index (κ3) is 4.86. The molecule has 3 heteroatoms. The normalized spacial score (nSPS) is 17.5. The van der Waals surface area contributed by atoms with Gasteiger partial charge >= 0.3 is 6.03 Å². The highest BCUT2D eigenvalue weighted by molar-refractivity contribution is 5.74. The molecule has 0 spiro atoms. The van der Waals surface area contributed by atoms with E-state index >= 15 is 0 Å². The van der Waals surface area contributed by atoms with Crippen molar-refractivity contribution in [3.05, 3.63) is 0 Å². The van der Waals surface area contributed by atoms with Crippen LogP contribution in [0.2, 0.25) is 0 Å². The topological polar surface area (TPSA) is 32.3 Å². The fourth-order valence-corrected chi connectivity index (χ4v) is 2.17. The van der Waals surface area contributed by atoms with E-state index in [2.05, 4.69) is 19.2 Å². The van der Waals surface area contributed by atoms with E-state index in [0.717, 1.165) is 32.4 Å². The number of carbonyl (C=O) groups is 1. The van der Waals surface area contributed by atoms with Gasteiger partial charge in [0.25, 0.3) is 0 Å². The molecule has 0 radical (unpaired) electrons. The van der Waals surface area contributed by atoms with Crippen molar-refractivity contribution in [2.45, 2.75) is 64.8 Å². The number of hydrogen-bond acceptors (Lipinski definition) is 1. The van der Waals surface area contributed by atoms with Crippen LogP contribution in [0.3, 0.4) is 0 Å². The number of urea groups is 1. The molecule has 1 N–H and O–H groups in total. The predicted molar refractivity (Wildman–Crippen MR) is 67.6 cm³/mol. The monoisotopic (exact) mass is 226 g/mol. The van der Waals surface area contributed by atoms with Crippen LogP contribution in [0.5, 0.6) is 0 Å². The molecule has 16 heavy (non-hydrogen) atoms. The Morgan fingerprint density at radius 2 is 1.94 bits per heavy atom. The number of amides is 2. The molecule has 0 aliphatic carbocycles. The summed E-state index contributed by atoms with van der Waals surface area (Å²) in [4.78, 5) is 13.7. The SMILES string of the molecule is CCCCCC[C@H](C)NC(=O)N1CCCC1. The number of rotatable bonds is 6. The smallest absolute Gasteiger partial charge is 0.317 e. The average molecular weight is 226 g/mol. The molecule has 1 aliphatic heterocycles. The summed E-state index contributed by atoms with van der Waals surface area (Å²) in [5, 5.41) is 3.09. The Balaban J connectivity index is 2.08. The fraction of sp³-hybridized carbons (Fsp3) is 0.923. The zero-order valence-electron chi connectivity index (χ0n) is 10.8. The van der Waals surface area contributed by atoms with Crippen LogP contribution >= 0.6 is 0 Å². The molecule has 1 atom stereocenters. The lowest BCUT2D eigenvalue weighted by molar-refractivity contribution is 0.204. The van der Waals surface area contributed by atoms with Crippen LogP contribution in [0.1, 0.15) is 58.8 Å². The van der Waals surface area contributed by atoms with Gasteiger partial charge in [0, 0.05) is 19.1 Å². The van der Waals surface area contributed by atoms with Crippen LogP contribution in [0, 0.1) is 0 Å². The molecule has 0 aromatic heterocycles. The fourth-order valence-electron chi connectivity index (χ4n) is 2.17. The maximum absolute atomic E-state index is 11.8. The Labute approximate surface area is 99.6 Å². The first-order valence-corrected chi connectivity index (χ1v) is 6.79. The third-order valence-corrected chi connectivity index (χ3v) is 3.25. The summed E-state index contributed by atoms with van der Waals surface area (Å²) >= 11 is 0. The van der Waals surface area contributed by atoms with Crippen LogP contribution in [0.25, 0.3) is 0 Å². The van der Waals surface area contributed by atoms with Crippen LogP contribution in [0.4, 0.5) is 4.79 Å². The van der Waals surface area contributed by atoms with Crippen LogP contribution in [0.15, 0.2) is 0 Å². The Bertz CT molecular complexity index is 200. The van der Waals surface area contributed by atoms with E-state index in [1.807, 2.05) is 4.90 Å². The largest absolute Gasteiger partial charge is 0.336 e. The second-order valence-electron chi connectivity index (χ2n) is 4.89. The van der Waals surface area contributed by atoms with E-state index in [1.54, 1.807) is 0 Å². The van der Waals surface area contributed by atoms with Crippen LogP contribution < -0.4 is 5.32 Å². The van der Waals surface area contributed by atoms with Crippen molar-refractivity contribution in [1.82, 2.24) is 10.2 Å². The zero-order chi connectivity index (χ0) is 11.8. The Hall–Kier alpha value is -0.730. The molecule has 0 aromatic carbocycles. The lowest BCUT2D eigenvalue weighted by Gasteiger charge is -2.20. The van der Waals surface area contributed by atoms with Crippen LogP contribution in [-0.4, -0.2) is 30.1 Å². The number of nitrogens with zero attached hydrogens (tertiary/aromatic N) is 1. The summed E-state index contributed by atoms with van der Waals surface area (Å²) in [6.45, 7) is 6.21. The predicted octanol–water partition coefficient (Wildman–Crippen LogP) is 3.15. The highest BCUT2D eigenvalue weighted by atomic mass is 16.2. The average Bonchev–Trinajstić information content (AvgIpc) is 2.77. The maximum Gasteiger partial charge on any atom is 0.317 e. The lowest BCUT2D eigenvalue weighted by Crippen LogP contribution is -2.42. The lowest BCUT2D eigenvalue weighted by atomic mass is 10.1. The standard InChI is InChI=1S/C13H26N2O/c1-3-4-5-6-9-12(2)14-13(16)15-10-7-8-11-15/h12H,3-11H2,1-2H3,(H,14,16)/t12-/m0/s1. The Morgan fingerprint density at radius 3 is 2.56 bits per heavy atom. The van der Waals surface area contributed by atoms with Gasteiger partial charge in [-0.05, 0) is 26.2 Å². The molecular weight excluding hydrogens is 200 g/mol. The van der Waals surface area contributed by atoms with Crippen molar-refractivity contribution in [1.29, 1.82) is 0 Å². The highest BCUT2D eigenvalue weighted by Gasteiger charge is 2.18. The van der Waals surface area contributed by atoms with Crippen molar-refractivity contribution in [3.63, 3.8) is 0 Å². The first-order chi connectivity index (χ1) is 7.74. The molecule has 94 valence electrons. The van der Waals surface area contributed by atoms with Gasteiger partial charge in [-0.15, -0.1) is 0 Å². The van der Waals surface area contributed by atoms with Crippen molar-refractivity contribution in [2.24, 2.45) is 0 Å². The summed E-state index contributed by atoms with van der Waals surface area (Å²) in [6, 6.07) is 0.463. The van der Waals surface area contributed by atoms with Gasteiger partial charge in [0.1, 0.15) is 0 Å². The molecule has 1 fully saturated rings. The van der Waals surface area contributed by atoms with Crippen LogP contribution in [-0.2, 0) is 0 Å². The number of unbranched alkanes of at least 4 members (excludes halogenated alkanes) is 3. The molecule has 1 rings (SSSR count). The Kier molecular flexibility index (Phi) is 6.27. The zero-order valence-corrected chi connectivity index (χ0v) is 10.8. The van der Waals surface area contributed by atoms with Gasteiger partial charge in [0.2, 0.25) is 0 Å². The summed E-state index contributed by atoms with van der Waals surface area (Å²) in [5.41, 5.74) is 0. The molecule has 0 aromatic rings. The first-order valence-electron chi connectivity index (χ1n) is 6.79. The van der Waals surface area contributed by atoms with Gasteiger partial charge in [-0.2, -0.15) is 0 Å². The molecule has 1 aliphatic rings. The first kappa shape index (κ1) is 13.3. The Morgan fingerprint density at radius 1 is 1.25 bits per heavy atom. The van der Waals surface area contributed by atoms with E-state index in [9.17, 15) is 4.79 Å². The number of nitrogens with one attached hydrogen (secondary N) is 1. The second kappa shape index (κ2) is 7.53. The number of hydrogen-bond donors (Lipinski definition) is 1. The minimum Gasteiger partial charge on any atom is -0.336 e. The molecule has 3 nitrogen and oxygen atoms in total. The minimum atomic E-state index is 0.139. The van der Waals surface area contributed by atoms with Crippen molar-refractivity contribution >= 4 is 6.03 Å². The molecule has 2 amide bonds. The van der Waals surface area contributed by atoms with Gasteiger partial charge in [-0.25, -0.2) is 4.79 Å². The van der Waals surface area contributed by atoms with E-state index < -0.39 is 0 Å². The summed E-state index contributed by atoms with van der Waals surface area (Å²) in [6.07, 6.45) is 8.55. The molecule has 1 heterocycles. The van der Waals surface area contributed by atoms with Gasteiger partial charge < -0.3 is 10.2 Å². The van der Waals surface area contributed by atoms with E-state index in [0.29, 0.717) is 6.04 Å². The van der Waals surface area contributed by atoms with E-state index in [-0.39, 0.29) is 6.03 Å². The second-order valence-corrected chi connectivity index (χ2v) is 4.89. The summed E-state index contributed by atoms with van der Waals surface area (Å²) in [7, 11) is 0. The maximum atomic E-state index is 11.8. The summed E-state index contributed by atoms with van der Waals surface area (Å²) in [5.74, 6) is 0. The molecule has 1 saturated heterocycles. The number of likely N-dealkylation sites (tertiary alicyclic amines) is 1. The van der Waals surface area contributed by atoms with E-state index in [4.69, 9.17) is 0 Å². The molecule has 0 bridgehead atoms.